The van der Waals surface area contributed by atoms with Gasteiger partial charge in [0.25, 0.3) is 0 Å². The van der Waals surface area contributed by atoms with Crippen LogP contribution in [0.15, 0.2) is 18.2 Å². The number of aromatic carboxylic acids is 1. The van der Waals surface area contributed by atoms with E-state index < -0.39 is 5.97 Å². The van der Waals surface area contributed by atoms with Gasteiger partial charge in [-0.1, -0.05) is 0 Å². The number of phenols is 1. The molecule has 0 aromatic heterocycles. The Balaban J connectivity index is 0. The Hall–Kier alpha value is 0.817. The summed E-state index contributed by atoms with van der Waals surface area (Å²) in [6.07, 6.45) is 0. The van der Waals surface area contributed by atoms with Crippen molar-refractivity contribution in [1.82, 2.24) is 0 Å². The zero-order valence-electron chi connectivity index (χ0n) is 6.37. The first-order valence-corrected chi connectivity index (χ1v) is 3.89. The van der Waals surface area contributed by atoms with Gasteiger partial charge in [0, 0.05) is 9.13 Å². The predicted octanol–water partition coefficient (Wildman–Crippen LogP) is -3.28. The van der Waals surface area contributed by atoms with Crippen LogP contribution < -0.4 is 34.7 Å². The second-order valence-corrected chi connectivity index (χ2v) is 3.19. The Bertz CT molecular complexity index is 306. The predicted molar refractivity (Wildman–Crippen MR) is 52.3 cm³/mol. The number of carbonyl (C=O) groups excluding carboxylic acids is 1. The molecule has 0 radical (unpaired) electrons. The Labute approximate surface area is 124 Å². The molecule has 6 heteroatoms. The van der Waals surface area contributed by atoms with Gasteiger partial charge in [0.05, 0.1) is 5.97 Å². The van der Waals surface area contributed by atoms with Crippen molar-refractivity contribution in [3.05, 3.63) is 27.3 Å². The van der Waals surface area contributed by atoms with Gasteiger partial charge in [-0.05, 0) is 40.8 Å². The van der Waals surface area contributed by atoms with Gasteiger partial charge in [-0.2, -0.15) is 0 Å². The van der Waals surface area contributed by atoms with Crippen molar-refractivity contribution in [2.75, 3.05) is 0 Å². The average molecular weight is 294 g/mol. The summed E-state index contributed by atoms with van der Waals surface area (Å²) in [4.78, 5) is 10.3. The van der Waals surface area contributed by atoms with Crippen molar-refractivity contribution in [3.63, 3.8) is 0 Å². The van der Waals surface area contributed by atoms with E-state index in [0.717, 1.165) is 3.57 Å². The third kappa shape index (κ3) is 4.72. The normalized spacial score (nSPS) is 8.08. The summed E-state index contributed by atoms with van der Waals surface area (Å²) in [7, 11) is 0. The van der Waals surface area contributed by atoms with Crippen LogP contribution in [0.3, 0.4) is 0 Å². The number of aromatic hydroxyl groups is 1. The molecule has 0 aliphatic carbocycles. The SMILES string of the molecule is O=C([O-])c1cc(I)ccc1O.[LiH].[Na+]. The summed E-state index contributed by atoms with van der Waals surface area (Å²) >= 11 is 1.95. The van der Waals surface area contributed by atoms with Crippen molar-refractivity contribution in [3.8, 4) is 5.75 Å². The second-order valence-electron chi connectivity index (χ2n) is 1.95. The minimum absolute atomic E-state index is 0. The molecule has 0 unspecified atom stereocenters. The van der Waals surface area contributed by atoms with Crippen molar-refractivity contribution >= 4 is 47.4 Å². The summed E-state index contributed by atoms with van der Waals surface area (Å²) in [5, 5.41) is 19.3. The fourth-order valence-corrected chi connectivity index (χ4v) is 1.16. The number of hydrogen-bond donors (Lipinski definition) is 1. The van der Waals surface area contributed by atoms with Gasteiger partial charge in [-0.25, -0.2) is 0 Å². The summed E-state index contributed by atoms with van der Waals surface area (Å²) < 4.78 is 0.750. The molecule has 0 amide bonds. The van der Waals surface area contributed by atoms with Gasteiger partial charge in [0.1, 0.15) is 5.75 Å². The fraction of sp³-hybridized carbons (Fsp3) is 0. The van der Waals surface area contributed by atoms with E-state index in [9.17, 15) is 9.90 Å². The standard InChI is InChI=1S/C7H5IO3.Li.Na.H/c8-4-1-2-6(9)5(3-4)7(10)11;;;/h1-3,9H,(H,10,11);;;/q;;+1;/p-1. The third-order valence-corrected chi connectivity index (χ3v) is 1.85. The topological polar surface area (TPSA) is 60.4 Å². The largest absolute Gasteiger partial charge is 1.00 e. The molecular formula is C7H5ILiNaO3. The minimum atomic E-state index is -1.36. The molecule has 0 spiro atoms. The zero-order chi connectivity index (χ0) is 8.43. The van der Waals surface area contributed by atoms with Crippen LogP contribution in [0.2, 0.25) is 0 Å². The average Bonchev–Trinajstić information content (AvgIpc) is 1.94. The fourth-order valence-electron chi connectivity index (χ4n) is 0.672. The smallest absolute Gasteiger partial charge is 1.00 e. The molecule has 60 valence electrons. The molecule has 0 atom stereocenters. The number of carboxylic acids is 1. The van der Waals surface area contributed by atoms with Gasteiger partial charge in [-0.15, -0.1) is 0 Å². The molecular weight excluding hydrogens is 289 g/mol. The van der Waals surface area contributed by atoms with Crippen LogP contribution >= 0.6 is 22.6 Å². The number of hydrogen-bond acceptors (Lipinski definition) is 3. The van der Waals surface area contributed by atoms with E-state index in [1.54, 1.807) is 6.07 Å². The first-order valence-electron chi connectivity index (χ1n) is 2.81. The van der Waals surface area contributed by atoms with E-state index in [1.165, 1.54) is 12.1 Å². The van der Waals surface area contributed by atoms with Crippen LogP contribution in [-0.2, 0) is 0 Å². The van der Waals surface area contributed by atoms with Gasteiger partial charge >= 0.3 is 48.4 Å². The minimum Gasteiger partial charge on any atom is 1.00 e. The number of carboxylic acid groups (broad SMARTS) is 1. The second kappa shape index (κ2) is 7.15. The van der Waals surface area contributed by atoms with Crippen LogP contribution in [0.4, 0.5) is 0 Å². The molecule has 1 N–H and O–H groups in total. The number of carbonyl (C=O) groups is 1. The first-order chi connectivity index (χ1) is 5.11. The molecule has 0 bridgehead atoms. The van der Waals surface area contributed by atoms with Crippen molar-refractivity contribution in [2.24, 2.45) is 0 Å². The van der Waals surface area contributed by atoms with Crippen molar-refractivity contribution in [2.45, 2.75) is 0 Å². The Morgan fingerprint density at radius 1 is 1.46 bits per heavy atom. The Kier molecular flexibility index (Phi) is 8.95. The van der Waals surface area contributed by atoms with Crippen LogP contribution in [0.5, 0.6) is 5.75 Å². The van der Waals surface area contributed by atoms with Gasteiger partial charge < -0.3 is 15.0 Å². The van der Waals surface area contributed by atoms with Gasteiger partial charge in [0.2, 0.25) is 0 Å². The maximum absolute atomic E-state index is 10.3. The quantitative estimate of drug-likeness (QED) is 0.436. The summed E-state index contributed by atoms with van der Waals surface area (Å²) in [6, 6.07) is 4.29. The van der Waals surface area contributed by atoms with Crippen LogP contribution in [0.25, 0.3) is 0 Å². The molecule has 0 heterocycles. The Morgan fingerprint density at radius 2 is 2.00 bits per heavy atom. The molecule has 0 saturated heterocycles. The molecule has 0 fully saturated rings. The molecule has 1 aromatic carbocycles. The van der Waals surface area contributed by atoms with Gasteiger partial charge in [-0.3, -0.25) is 0 Å². The van der Waals surface area contributed by atoms with Crippen LogP contribution in [0, 0.1) is 3.57 Å². The molecule has 0 aliphatic heterocycles. The van der Waals surface area contributed by atoms with E-state index in [4.69, 9.17) is 5.11 Å². The molecule has 1 aromatic rings. The Morgan fingerprint density at radius 3 is 2.38 bits per heavy atom. The number of halogens is 1. The molecule has 1 rings (SSSR count). The van der Waals surface area contributed by atoms with E-state index in [1.807, 2.05) is 22.6 Å². The van der Waals surface area contributed by atoms with E-state index in [0.29, 0.717) is 0 Å². The molecule has 3 nitrogen and oxygen atoms in total. The maximum Gasteiger partial charge on any atom is 1.00 e. The van der Waals surface area contributed by atoms with Crippen molar-refractivity contribution in [1.29, 1.82) is 0 Å². The van der Waals surface area contributed by atoms with Crippen molar-refractivity contribution < 1.29 is 44.6 Å². The van der Waals surface area contributed by atoms with Gasteiger partial charge in [0.15, 0.2) is 0 Å². The number of rotatable bonds is 1. The summed E-state index contributed by atoms with van der Waals surface area (Å²) in [5.41, 5.74) is -0.170. The summed E-state index contributed by atoms with van der Waals surface area (Å²) in [6.45, 7) is 0. The molecule has 13 heavy (non-hydrogen) atoms. The van der Waals surface area contributed by atoms with E-state index in [-0.39, 0.29) is 59.7 Å². The van der Waals surface area contributed by atoms with E-state index in [2.05, 4.69) is 0 Å². The number of benzene rings is 1. The molecule has 0 aliphatic rings. The summed E-state index contributed by atoms with van der Waals surface area (Å²) in [5.74, 6) is -1.62. The van der Waals surface area contributed by atoms with Crippen LogP contribution in [-0.4, -0.2) is 29.9 Å². The van der Waals surface area contributed by atoms with E-state index >= 15 is 0 Å². The molecule has 0 saturated carbocycles. The first kappa shape index (κ1) is 16.3. The third-order valence-electron chi connectivity index (χ3n) is 1.18. The monoisotopic (exact) mass is 294 g/mol. The maximum atomic E-state index is 10.3. The van der Waals surface area contributed by atoms with Crippen LogP contribution in [0.1, 0.15) is 10.4 Å². The zero-order valence-corrected chi connectivity index (χ0v) is 10.5.